The van der Waals surface area contributed by atoms with Crippen LogP contribution in [0.4, 0.5) is 0 Å². The molecular formula is C12H8Br2Ge. The van der Waals surface area contributed by atoms with Crippen LogP contribution in [0.25, 0.3) is 5.57 Å². The van der Waals surface area contributed by atoms with Crippen LogP contribution in [0.2, 0.25) is 0 Å². The van der Waals surface area contributed by atoms with E-state index in [4.69, 9.17) is 0 Å². The Kier molecular flexibility index (Phi) is 2.61. The molecule has 2 aliphatic rings. The van der Waals surface area contributed by atoms with Gasteiger partial charge in [0.1, 0.15) is 0 Å². The van der Waals surface area contributed by atoms with Crippen molar-refractivity contribution in [2.75, 3.05) is 0 Å². The Hall–Kier alpha value is 0.0729. The third-order valence-corrected chi connectivity index (χ3v) is 15.9. The van der Waals surface area contributed by atoms with Crippen molar-refractivity contribution in [1.82, 2.24) is 0 Å². The molecule has 1 aliphatic carbocycles. The third-order valence-electron chi connectivity index (χ3n) is 2.87. The van der Waals surface area contributed by atoms with Gasteiger partial charge in [0.15, 0.2) is 0 Å². The Morgan fingerprint density at radius 1 is 1.13 bits per heavy atom. The summed E-state index contributed by atoms with van der Waals surface area (Å²) in [6.07, 6.45) is 5.61. The normalized spacial score (nSPS) is 18.3. The van der Waals surface area contributed by atoms with E-state index in [1.807, 2.05) is 0 Å². The first-order valence-corrected chi connectivity index (χ1v) is 12.6. The zero-order valence-corrected chi connectivity index (χ0v) is 13.2. The van der Waals surface area contributed by atoms with Gasteiger partial charge in [0.25, 0.3) is 0 Å². The quantitative estimate of drug-likeness (QED) is 0.600. The van der Waals surface area contributed by atoms with E-state index < -0.39 is 12.1 Å². The molecule has 0 spiro atoms. The minimum absolute atomic E-state index is 1.14. The molecule has 1 heterocycles. The standard InChI is InChI=1S/C12H8Br2Ge/c13-12-6-5-10-9-4-2-1-3-8(9)7-11(10)15(12)14/h1-6H,7H2. The van der Waals surface area contributed by atoms with Crippen LogP contribution in [0.15, 0.2) is 40.8 Å². The van der Waals surface area contributed by atoms with Crippen LogP contribution < -0.4 is 0 Å². The molecule has 0 aromatic heterocycles. The Balaban J connectivity index is 2.23. The second kappa shape index (κ2) is 3.83. The van der Waals surface area contributed by atoms with Gasteiger partial charge in [0.05, 0.1) is 0 Å². The molecule has 0 radical (unpaired) electrons. The molecule has 74 valence electrons. The fraction of sp³-hybridized carbons (Fsp3) is 0.0833. The molecule has 0 fully saturated rings. The monoisotopic (exact) mass is 384 g/mol. The van der Waals surface area contributed by atoms with Gasteiger partial charge in [-0.2, -0.15) is 0 Å². The summed E-state index contributed by atoms with van der Waals surface area (Å²) < 4.78 is 3.03. The van der Waals surface area contributed by atoms with E-state index in [1.165, 1.54) is 20.0 Å². The van der Waals surface area contributed by atoms with Crippen molar-refractivity contribution in [3.05, 3.63) is 52.0 Å². The Labute approximate surface area is 108 Å². The van der Waals surface area contributed by atoms with E-state index in [0.29, 0.717) is 0 Å². The Bertz CT molecular complexity index is 538. The average molecular weight is 385 g/mol. The first-order chi connectivity index (χ1) is 7.27. The molecule has 0 unspecified atom stereocenters. The molecule has 0 N–H and O–H groups in total. The van der Waals surface area contributed by atoms with Gasteiger partial charge < -0.3 is 0 Å². The zero-order valence-electron chi connectivity index (χ0n) is 7.93. The van der Waals surface area contributed by atoms with Gasteiger partial charge >= 0.3 is 109 Å². The molecule has 3 rings (SSSR count). The summed E-state index contributed by atoms with van der Waals surface area (Å²) >= 11 is 6.22. The van der Waals surface area contributed by atoms with Crippen LogP contribution in [-0.2, 0) is 6.42 Å². The molecule has 0 bridgehead atoms. The number of benzene rings is 1. The van der Waals surface area contributed by atoms with Crippen LogP contribution >= 0.6 is 29.9 Å². The van der Waals surface area contributed by atoms with Crippen molar-refractivity contribution in [1.29, 1.82) is 0 Å². The second-order valence-corrected chi connectivity index (χ2v) is 13.9. The molecule has 0 saturated carbocycles. The fourth-order valence-electron chi connectivity index (χ4n) is 2.15. The van der Waals surface area contributed by atoms with Gasteiger partial charge in [-0.25, -0.2) is 0 Å². The molecule has 1 aromatic rings. The van der Waals surface area contributed by atoms with Gasteiger partial charge in [-0.05, 0) is 0 Å². The number of fused-ring (bicyclic) bond motifs is 2. The number of hydrogen-bond donors (Lipinski definition) is 0. The molecule has 1 aliphatic heterocycles. The van der Waals surface area contributed by atoms with Gasteiger partial charge in [-0.1, -0.05) is 0 Å². The van der Waals surface area contributed by atoms with Crippen LogP contribution in [0.3, 0.4) is 0 Å². The molecule has 3 heteroatoms. The van der Waals surface area contributed by atoms with E-state index in [1.54, 1.807) is 4.41 Å². The minimum atomic E-state index is -1.33. The van der Waals surface area contributed by atoms with Crippen molar-refractivity contribution in [3.63, 3.8) is 0 Å². The Morgan fingerprint density at radius 2 is 1.93 bits per heavy atom. The van der Waals surface area contributed by atoms with Crippen molar-refractivity contribution < 1.29 is 0 Å². The van der Waals surface area contributed by atoms with Gasteiger partial charge in [-0.15, -0.1) is 0 Å². The van der Waals surface area contributed by atoms with E-state index in [-0.39, 0.29) is 0 Å². The van der Waals surface area contributed by atoms with E-state index in [2.05, 4.69) is 66.4 Å². The van der Waals surface area contributed by atoms with Crippen LogP contribution in [0.1, 0.15) is 11.1 Å². The number of allylic oxidation sites excluding steroid dienone is 4. The summed E-state index contributed by atoms with van der Waals surface area (Å²) in [5.41, 5.74) is 4.40. The first kappa shape index (κ1) is 10.2. The predicted molar refractivity (Wildman–Crippen MR) is 74.8 cm³/mol. The van der Waals surface area contributed by atoms with Crippen molar-refractivity contribution >= 4 is 50.8 Å². The molecule has 0 atom stereocenters. The van der Waals surface area contributed by atoms with E-state index >= 15 is 0 Å². The van der Waals surface area contributed by atoms with Crippen LogP contribution in [0.5, 0.6) is 0 Å². The van der Waals surface area contributed by atoms with E-state index in [0.717, 1.165) is 6.42 Å². The molecule has 0 saturated heterocycles. The number of hydrogen-bond acceptors (Lipinski definition) is 0. The van der Waals surface area contributed by atoms with Crippen molar-refractivity contribution in [3.8, 4) is 0 Å². The SMILES string of the molecule is Br[C]1=[Ge]([Br])[C]2=C(C=C1)c1ccccc1C2. The molecule has 15 heavy (non-hydrogen) atoms. The molecule has 0 amide bonds. The van der Waals surface area contributed by atoms with E-state index in [9.17, 15) is 0 Å². The summed E-state index contributed by atoms with van der Waals surface area (Å²) in [4.78, 5) is 0. The first-order valence-electron chi connectivity index (χ1n) is 4.82. The number of rotatable bonds is 0. The summed E-state index contributed by atoms with van der Waals surface area (Å²) in [5.74, 6) is 0. The van der Waals surface area contributed by atoms with Gasteiger partial charge in [-0.3, -0.25) is 0 Å². The molecule has 1 aromatic carbocycles. The summed E-state index contributed by atoms with van der Waals surface area (Å²) in [6, 6.07) is 8.74. The second-order valence-electron chi connectivity index (χ2n) is 3.72. The maximum atomic E-state index is 3.89. The van der Waals surface area contributed by atoms with Gasteiger partial charge in [0.2, 0.25) is 0 Å². The topological polar surface area (TPSA) is 0 Å². The summed E-state index contributed by atoms with van der Waals surface area (Å²) in [6.45, 7) is 0. The maximum absolute atomic E-state index is 3.89. The van der Waals surface area contributed by atoms with Crippen molar-refractivity contribution in [2.24, 2.45) is 0 Å². The zero-order chi connectivity index (χ0) is 10.4. The van der Waals surface area contributed by atoms with Crippen molar-refractivity contribution in [2.45, 2.75) is 6.42 Å². The van der Waals surface area contributed by atoms with Gasteiger partial charge in [0, 0.05) is 0 Å². The summed E-state index contributed by atoms with van der Waals surface area (Å²) in [5, 5.41) is 0. The third kappa shape index (κ3) is 1.58. The van der Waals surface area contributed by atoms with Crippen LogP contribution in [0, 0.1) is 0 Å². The average Bonchev–Trinajstić information content (AvgIpc) is 2.63. The molecule has 0 nitrogen and oxygen atoms in total. The number of halogens is 2. The summed E-state index contributed by atoms with van der Waals surface area (Å²) in [7, 11) is 0. The van der Waals surface area contributed by atoms with Crippen LogP contribution in [-0.4, -0.2) is 15.3 Å². The Morgan fingerprint density at radius 3 is 2.80 bits per heavy atom. The predicted octanol–water partition coefficient (Wildman–Crippen LogP) is 3.60. The molecular weight excluding hydrogens is 377 g/mol. The fourth-order valence-corrected chi connectivity index (χ4v) is 8.81.